The Kier molecular flexibility index (Phi) is 5.78. The average Bonchev–Trinajstić information content (AvgIpc) is 3.05. The Morgan fingerprint density at radius 2 is 1.96 bits per heavy atom. The second-order valence-corrected chi connectivity index (χ2v) is 6.42. The van der Waals surface area contributed by atoms with Crippen LogP contribution in [0.5, 0.6) is 0 Å². The molecule has 1 fully saturated rings. The fourth-order valence-electron chi connectivity index (χ4n) is 3.02. The lowest BCUT2D eigenvalue weighted by atomic mass is 10.0. The topological polar surface area (TPSA) is 59.3 Å². The van der Waals surface area contributed by atoms with Gasteiger partial charge in [-0.05, 0) is 29.1 Å². The van der Waals surface area contributed by atoms with Crippen LogP contribution in [0.15, 0.2) is 24.3 Å². The predicted molar refractivity (Wildman–Crippen MR) is 92.1 cm³/mol. The van der Waals surface area contributed by atoms with E-state index in [-0.39, 0.29) is 6.04 Å². The Labute approximate surface area is 147 Å². The van der Waals surface area contributed by atoms with E-state index in [1.807, 2.05) is 22.9 Å². The zero-order valence-electron chi connectivity index (χ0n) is 14.1. The monoisotopic (exact) mass is 350 g/mol. The minimum Gasteiger partial charge on any atom is -0.383 e. The number of aromatic nitrogens is 4. The van der Waals surface area contributed by atoms with Crippen LogP contribution in [0, 0.1) is 0 Å². The Bertz CT molecular complexity index is 656. The van der Waals surface area contributed by atoms with E-state index in [0.717, 1.165) is 42.6 Å². The normalized spacial score (nSPS) is 18.0. The van der Waals surface area contributed by atoms with E-state index in [4.69, 9.17) is 16.3 Å². The van der Waals surface area contributed by atoms with Crippen molar-refractivity contribution in [3.63, 3.8) is 0 Å². The first-order chi connectivity index (χ1) is 11.7. The largest absolute Gasteiger partial charge is 0.383 e. The molecule has 8 heteroatoms. The summed E-state index contributed by atoms with van der Waals surface area (Å²) in [5.41, 5.74) is 1.04. The minimum atomic E-state index is -0.0562. The summed E-state index contributed by atoms with van der Waals surface area (Å²) in [6.07, 6.45) is 0. The number of piperazine rings is 1. The summed E-state index contributed by atoms with van der Waals surface area (Å²) >= 11 is 6.50. The maximum Gasteiger partial charge on any atom is 0.173 e. The zero-order chi connectivity index (χ0) is 16.9. The Morgan fingerprint density at radius 1 is 1.21 bits per heavy atom. The molecule has 1 aliphatic rings. The van der Waals surface area contributed by atoms with Gasteiger partial charge in [-0.2, -0.15) is 0 Å². The lowest BCUT2D eigenvalue weighted by Crippen LogP contribution is -2.46. The van der Waals surface area contributed by atoms with E-state index in [9.17, 15) is 0 Å². The molecular weight excluding hydrogens is 328 g/mol. The average molecular weight is 351 g/mol. The van der Waals surface area contributed by atoms with Gasteiger partial charge in [-0.3, -0.25) is 4.90 Å². The molecule has 0 amide bonds. The van der Waals surface area contributed by atoms with E-state index in [2.05, 4.69) is 38.4 Å². The van der Waals surface area contributed by atoms with Crippen LogP contribution < -0.4 is 0 Å². The van der Waals surface area contributed by atoms with E-state index in [0.29, 0.717) is 13.2 Å². The molecule has 1 aromatic carbocycles. The van der Waals surface area contributed by atoms with Crippen molar-refractivity contribution >= 4 is 11.6 Å². The van der Waals surface area contributed by atoms with Gasteiger partial charge in [0.05, 0.1) is 19.2 Å². The van der Waals surface area contributed by atoms with Crippen LogP contribution in [-0.2, 0) is 11.3 Å². The first kappa shape index (κ1) is 17.3. The number of benzene rings is 1. The van der Waals surface area contributed by atoms with Crippen molar-refractivity contribution in [2.75, 3.05) is 46.9 Å². The van der Waals surface area contributed by atoms with Gasteiger partial charge in [-0.15, -0.1) is 5.10 Å². The van der Waals surface area contributed by atoms with Crippen LogP contribution in [0.3, 0.4) is 0 Å². The van der Waals surface area contributed by atoms with Crippen LogP contribution in [0.1, 0.15) is 17.4 Å². The molecule has 0 bridgehead atoms. The quantitative estimate of drug-likeness (QED) is 0.783. The van der Waals surface area contributed by atoms with Gasteiger partial charge >= 0.3 is 0 Å². The van der Waals surface area contributed by atoms with E-state index < -0.39 is 0 Å². The number of methoxy groups -OCH3 is 1. The van der Waals surface area contributed by atoms with Gasteiger partial charge in [0.25, 0.3) is 0 Å². The second-order valence-electron chi connectivity index (χ2n) is 6.02. The molecule has 0 saturated carbocycles. The number of tetrazole rings is 1. The van der Waals surface area contributed by atoms with Crippen LogP contribution in [0.25, 0.3) is 0 Å². The van der Waals surface area contributed by atoms with Crippen LogP contribution in [0.4, 0.5) is 0 Å². The third-order valence-electron chi connectivity index (χ3n) is 4.41. The third kappa shape index (κ3) is 3.75. The van der Waals surface area contributed by atoms with Crippen molar-refractivity contribution < 1.29 is 4.74 Å². The molecule has 0 spiro atoms. The molecule has 1 atom stereocenters. The minimum absolute atomic E-state index is 0.0562. The number of hydrogen-bond acceptors (Lipinski definition) is 6. The highest BCUT2D eigenvalue weighted by molar-refractivity contribution is 6.31. The third-order valence-corrected chi connectivity index (χ3v) is 4.76. The number of hydrogen-bond donors (Lipinski definition) is 0. The number of rotatable bonds is 6. The lowest BCUT2D eigenvalue weighted by molar-refractivity contribution is 0.119. The highest BCUT2D eigenvalue weighted by atomic mass is 35.5. The fourth-order valence-corrected chi connectivity index (χ4v) is 3.26. The first-order valence-electron chi connectivity index (χ1n) is 8.12. The van der Waals surface area contributed by atoms with Crippen LogP contribution in [0.2, 0.25) is 5.02 Å². The molecule has 7 nitrogen and oxygen atoms in total. The van der Waals surface area contributed by atoms with Gasteiger partial charge in [0.1, 0.15) is 0 Å². The summed E-state index contributed by atoms with van der Waals surface area (Å²) in [5.74, 6) is 0.810. The Balaban J connectivity index is 1.96. The van der Waals surface area contributed by atoms with Crippen molar-refractivity contribution in [2.45, 2.75) is 12.6 Å². The molecule has 0 unspecified atom stereocenters. The van der Waals surface area contributed by atoms with Gasteiger partial charge in [-0.25, -0.2) is 4.68 Å². The van der Waals surface area contributed by atoms with Gasteiger partial charge in [0.2, 0.25) is 0 Å². The summed E-state index contributed by atoms with van der Waals surface area (Å²) < 4.78 is 6.99. The Morgan fingerprint density at radius 3 is 2.67 bits per heavy atom. The van der Waals surface area contributed by atoms with Crippen LogP contribution in [-0.4, -0.2) is 77.0 Å². The lowest BCUT2D eigenvalue weighted by Gasteiger charge is -2.37. The van der Waals surface area contributed by atoms with E-state index in [1.165, 1.54) is 0 Å². The molecule has 2 aromatic rings. The van der Waals surface area contributed by atoms with Crippen molar-refractivity contribution in [2.24, 2.45) is 0 Å². The summed E-state index contributed by atoms with van der Waals surface area (Å²) in [7, 11) is 3.82. The van der Waals surface area contributed by atoms with Gasteiger partial charge < -0.3 is 9.64 Å². The van der Waals surface area contributed by atoms with Crippen molar-refractivity contribution in [3.05, 3.63) is 40.7 Å². The van der Waals surface area contributed by atoms with Crippen molar-refractivity contribution in [3.8, 4) is 0 Å². The number of ether oxygens (including phenoxy) is 1. The fraction of sp³-hybridized carbons (Fsp3) is 0.562. The molecule has 1 saturated heterocycles. The summed E-state index contributed by atoms with van der Waals surface area (Å²) in [6.45, 7) is 5.11. The zero-order valence-corrected chi connectivity index (χ0v) is 14.9. The SMILES string of the molecule is COCCn1nnnc1[C@H](c1ccccc1Cl)N1CCN(C)CC1. The predicted octanol–water partition coefficient (Wildman–Crippen LogP) is 1.31. The summed E-state index contributed by atoms with van der Waals surface area (Å²) in [4.78, 5) is 4.73. The van der Waals surface area contributed by atoms with Gasteiger partial charge in [0.15, 0.2) is 5.82 Å². The smallest absolute Gasteiger partial charge is 0.173 e. The molecule has 24 heavy (non-hydrogen) atoms. The maximum absolute atomic E-state index is 6.50. The highest BCUT2D eigenvalue weighted by Crippen LogP contribution is 2.32. The molecule has 2 heterocycles. The van der Waals surface area contributed by atoms with E-state index in [1.54, 1.807) is 7.11 Å². The summed E-state index contributed by atoms with van der Waals surface area (Å²) in [5, 5.41) is 13.1. The molecule has 1 aliphatic heterocycles. The highest BCUT2D eigenvalue weighted by Gasteiger charge is 2.31. The van der Waals surface area contributed by atoms with E-state index >= 15 is 0 Å². The molecular formula is C16H23ClN6O. The molecule has 0 N–H and O–H groups in total. The molecule has 0 radical (unpaired) electrons. The Hall–Kier alpha value is -1.54. The van der Waals surface area contributed by atoms with Crippen molar-refractivity contribution in [1.29, 1.82) is 0 Å². The molecule has 1 aromatic heterocycles. The standard InChI is InChI=1S/C16H23ClN6O/c1-21-7-9-22(10-8-21)15(13-5-3-4-6-14(13)17)16-18-19-20-23(16)11-12-24-2/h3-6,15H,7-12H2,1-2H3/t15-/m0/s1. The van der Waals surface area contributed by atoms with Gasteiger partial charge in [-0.1, -0.05) is 29.8 Å². The number of likely N-dealkylation sites (N-methyl/N-ethyl adjacent to an activating group) is 1. The molecule has 3 rings (SSSR count). The first-order valence-corrected chi connectivity index (χ1v) is 8.50. The molecule has 0 aliphatic carbocycles. The summed E-state index contributed by atoms with van der Waals surface area (Å²) in [6, 6.07) is 7.87. The van der Waals surface area contributed by atoms with Crippen LogP contribution >= 0.6 is 11.6 Å². The number of halogens is 1. The van der Waals surface area contributed by atoms with Gasteiger partial charge in [0, 0.05) is 38.3 Å². The molecule has 130 valence electrons. The van der Waals surface area contributed by atoms with Crippen molar-refractivity contribution in [1.82, 2.24) is 30.0 Å². The maximum atomic E-state index is 6.50. The number of nitrogens with zero attached hydrogens (tertiary/aromatic N) is 6. The second kappa shape index (κ2) is 8.02.